The van der Waals surface area contributed by atoms with Crippen molar-refractivity contribution in [2.45, 2.75) is 33.0 Å². The number of ether oxygens (including phenoxy) is 2. The van der Waals surface area contributed by atoms with Gasteiger partial charge in [0.1, 0.15) is 0 Å². The van der Waals surface area contributed by atoms with Gasteiger partial charge in [-0.1, -0.05) is 17.7 Å². The molecule has 1 N–H and O–H groups in total. The monoisotopic (exact) mass is 357 g/mol. The van der Waals surface area contributed by atoms with E-state index in [1.54, 1.807) is 13.1 Å². The molecule has 2 aromatic rings. The maximum absolute atomic E-state index is 12.4. The number of benzene rings is 1. The Bertz CT molecular complexity index is 677. The summed E-state index contributed by atoms with van der Waals surface area (Å²) in [5.74, 6) is 0.0906. The lowest BCUT2D eigenvalue weighted by Crippen LogP contribution is -2.07. The Hall–Kier alpha value is -1.92. The molecular weight excluding hydrogens is 340 g/mol. The smallest absolute Gasteiger partial charge is 0.387 e. The zero-order chi connectivity index (χ0) is 17.7. The highest BCUT2D eigenvalue weighted by Crippen LogP contribution is 2.33. The second kappa shape index (κ2) is 8.26. The Morgan fingerprint density at radius 3 is 2.62 bits per heavy atom. The molecule has 130 valence electrons. The molecule has 1 atom stereocenters. The molecule has 0 radical (unpaired) electrons. The third-order valence-electron chi connectivity index (χ3n) is 3.49. The molecule has 24 heavy (non-hydrogen) atoms. The molecule has 0 aliphatic heterocycles. The highest BCUT2D eigenvalue weighted by Gasteiger charge is 2.17. The summed E-state index contributed by atoms with van der Waals surface area (Å²) in [4.78, 5) is 3.98. The van der Waals surface area contributed by atoms with Gasteiger partial charge >= 0.3 is 6.61 Å². The SMILES string of the molecule is CCOc1cc([C@@H](O)Cc2c(C)cncc2Cl)ccc1OC(F)F. The maximum atomic E-state index is 12.4. The molecule has 1 aromatic heterocycles. The van der Waals surface area contributed by atoms with Crippen LogP contribution in [0.5, 0.6) is 11.5 Å². The average Bonchev–Trinajstić information content (AvgIpc) is 2.52. The second-order valence-corrected chi connectivity index (χ2v) is 5.56. The van der Waals surface area contributed by atoms with Crippen LogP contribution in [0.4, 0.5) is 8.78 Å². The van der Waals surface area contributed by atoms with Crippen LogP contribution in [-0.4, -0.2) is 23.3 Å². The number of alkyl halides is 2. The topological polar surface area (TPSA) is 51.6 Å². The van der Waals surface area contributed by atoms with E-state index in [9.17, 15) is 13.9 Å². The van der Waals surface area contributed by atoms with Crippen LogP contribution in [0.25, 0.3) is 0 Å². The molecule has 0 saturated heterocycles. The predicted octanol–water partition coefficient (Wildman–Crippen LogP) is 4.32. The lowest BCUT2D eigenvalue weighted by Gasteiger charge is -2.17. The number of aliphatic hydroxyl groups excluding tert-OH is 1. The number of rotatable bonds is 7. The highest BCUT2D eigenvalue weighted by molar-refractivity contribution is 6.31. The lowest BCUT2D eigenvalue weighted by atomic mass is 9.99. The van der Waals surface area contributed by atoms with E-state index in [-0.39, 0.29) is 24.5 Å². The van der Waals surface area contributed by atoms with Crippen molar-refractivity contribution < 1.29 is 23.4 Å². The number of pyridine rings is 1. The van der Waals surface area contributed by atoms with Crippen LogP contribution < -0.4 is 9.47 Å². The number of halogens is 3. The van der Waals surface area contributed by atoms with Crippen molar-refractivity contribution in [2.24, 2.45) is 0 Å². The molecule has 1 heterocycles. The van der Waals surface area contributed by atoms with Gasteiger partial charge in [0.15, 0.2) is 11.5 Å². The number of aryl methyl sites for hydroxylation is 1. The number of hydrogen-bond donors (Lipinski definition) is 1. The Kier molecular flexibility index (Phi) is 6.34. The van der Waals surface area contributed by atoms with Crippen LogP contribution in [-0.2, 0) is 6.42 Å². The van der Waals surface area contributed by atoms with E-state index in [2.05, 4.69) is 9.72 Å². The maximum Gasteiger partial charge on any atom is 0.387 e. The summed E-state index contributed by atoms with van der Waals surface area (Å²) in [6.07, 6.45) is 2.58. The third kappa shape index (κ3) is 4.55. The summed E-state index contributed by atoms with van der Waals surface area (Å²) in [6.45, 7) is 0.925. The van der Waals surface area contributed by atoms with Gasteiger partial charge in [0.05, 0.1) is 17.7 Å². The van der Waals surface area contributed by atoms with E-state index in [1.165, 1.54) is 24.4 Å². The van der Waals surface area contributed by atoms with Gasteiger partial charge in [-0.15, -0.1) is 0 Å². The minimum Gasteiger partial charge on any atom is -0.490 e. The summed E-state index contributed by atoms with van der Waals surface area (Å²) in [7, 11) is 0. The van der Waals surface area contributed by atoms with E-state index in [0.29, 0.717) is 10.6 Å². The molecule has 0 saturated carbocycles. The van der Waals surface area contributed by atoms with Crippen molar-refractivity contribution in [1.82, 2.24) is 4.98 Å². The number of aromatic nitrogens is 1. The Balaban J connectivity index is 2.25. The first-order valence-corrected chi connectivity index (χ1v) is 7.78. The van der Waals surface area contributed by atoms with Crippen molar-refractivity contribution in [3.05, 3.63) is 52.3 Å². The molecule has 0 aliphatic rings. The molecule has 0 aliphatic carbocycles. The van der Waals surface area contributed by atoms with Crippen LogP contribution in [0.1, 0.15) is 29.7 Å². The van der Waals surface area contributed by atoms with Gasteiger partial charge in [0.2, 0.25) is 0 Å². The second-order valence-electron chi connectivity index (χ2n) is 5.15. The van der Waals surface area contributed by atoms with Crippen LogP contribution >= 0.6 is 11.6 Å². The third-order valence-corrected chi connectivity index (χ3v) is 3.81. The minimum atomic E-state index is -2.95. The van der Waals surface area contributed by atoms with E-state index >= 15 is 0 Å². The molecule has 1 aromatic carbocycles. The van der Waals surface area contributed by atoms with E-state index < -0.39 is 12.7 Å². The first-order chi connectivity index (χ1) is 11.4. The fourth-order valence-electron chi connectivity index (χ4n) is 2.32. The zero-order valence-corrected chi connectivity index (χ0v) is 14.1. The quantitative estimate of drug-likeness (QED) is 0.801. The lowest BCUT2D eigenvalue weighted by molar-refractivity contribution is -0.0514. The number of hydrogen-bond acceptors (Lipinski definition) is 4. The van der Waals surface area contributed by atoms with Crippen molar-refractivity contribution in [3.63, 3.8) is 0 Å². The molecule has 4 nitrogen and oxygen atoms in total. The van der Waals surface area contributed by atoms with Gasteiger partial charge in [-0.25, -0.2) is 0 Å². The summed E-state index contributed by atoms with van der Waals surface area (Å²) < 4.78 is 34.6. The van der Waals surface area contributed by atoms with E-state index in [4.69, 9.17) is 16.3 Å². The Morgan fingerprint density at radius 2 is 2.00 bits per heavy atom. The summed E-state index contributed by atoms with van der Waals surface area (Å²) in [5.41, 5.74) is 2.17. The molecule has 0 unspecified atom stereocenters. The largest absolute Gasteiger partial charge is 0.490 e. The predicted molar refractivity (Wildman–Crippen MR) is 86.9 cm³/mol. The minimum absolute atomic E-state index is 0.0686. The van der Waals surface area contributed by atoms with Crippen LogP contribution in [0.2, 0.25) is 5.02 Å². The normalized spacial score (nSPS) is 12.3. The molecule has 0 spiro atoms. The summed E-state index contributed by atoms with van der Waals surface area (Å²) in [5, 5.41) is 10.9. The van der Waals surface area contributed by atoms with E-state index in [0.717, 1.165) is 11.1 Å². The zero-order valence-electron chi connectivity index (χ0n) is 13.3. The molecule has 7 heteroatoms. The molecule has 0 bridgehead atoms. The van der Waals surface area contributed by atoms with E-state index in [1.807, 2.05) is 6.92 Å². The summed E-state index contributed by atoms with van der Waals surface area (Å²) >= 11 is 6.12. The first kappa shape index (κ1) is 18.4. The van der Waals surface area contributed by atoms with Crippen molar-refractivity contribution in [3.8, 4) is 11.5 Å². The van der Waals surface area contributed by atoms with Crippen LogP contribution in [0, 0.1) is 6.92 Å². The van der Waals surface area contributed by atoms with Gasteiger partial charge in [-0.05, 0) is 42.7 Å². The van der Waals surface area contributed by atoms with Gasteiger partial charge in [0.25, 0.3) is 0 Å². The van der Waals surface area contributed by atoms with Crippen LogP contribution in [0.3, 0.4) is 0 Å². The first-order valence-electron chi connectivity index (χ1n) is 7.41. The van der Waals surface area contributed by atoms with Crippen molar-refractivity contribution in [1.29, 1.82) is 0 Å². The van der Waals surface area contributed by atoms with Crippen molar-refractivity contribution >= 4 is 11.6 Å². The summed E-state index contributed by atoms with van der Waals surface area (Å²) in [6, 6.07) is 4.38. The molecule has 0 fully saturated rings. The standard InChI is InChI=1S/C17H18ClF2NO3/c1-3-23-16-6-11(4-5-15(16)24-17(19)20)14(22)7-12-10(2)8-21-9-13(12)18/h4-6,8-9,14,17,22H,3,7H2,1-2H3/t14-/m0/s1. The number of aliphatic hydroxyl groups is 1. The van der Waals surface area contributed by atoms with Gasteiger partial charge < -0.3 is 14.6 Å². The fourth-order valence-corrected chi connectivity index (χ4v) is 2.60. The molecular formula is C17H18ClF2NO3. The van der Waals surface area contributed by atoms with Crippen molar-refractivity contribution in [2.75, 3.05) is 6.61 Å². The van der Waals surface area contributed by atoms with Gasteiger partial charge in [-0.2, -0.15) is 8.78 Å². The highest BCUT2D eigenvalue weighted by atomic mass is 35.5. The molecule has 2 rings (SSSR count). The van der Waals surface area contributed by atoms with Crippen LogP contribution in [0.15, 0.2) is 30.6 Å². The Morgan fingerprint density at radius 1 is 1.25 bits per heavy atom. The average molecular weight is 358 g/mol. The van der Waals surface area contributed by atoms with Gasteiger partial charge in [-0.3, -0.25) is 4.98 Å². The Labute approximate surface area is 144 Å². The molecule has 0 amide bonds. The number of nitrogens with zero attached hydrogens (tertiary/aromatic N) is 1. The van der Waals surface area contributed by atoms with Gasteiger partial charge in [0, 0.05) is 18.8 Å². The fraction of sp³-hybridized carbons (Fsp3) is 0.353.